The zero-order valence-corrected chi connectivity index (χ0v) is 17.7. The smallest absolute Gasteiger partial charge is 0.256 e. The molecular formula is C23H25N3O4. The Hall–Kier alpha value is -3.61. The predicted molar refractivity (Wildman–Crippen MR) is 117 cm³/mol. The number of rotatable bonds is 6. The van der Waals surface area contributed by atoms with Gasteiger partial charge in [-0.25, -0.2) is 0 Å². The molecule has 156 valence electrons. The fraction of sp³-hybridized carbons (Fsp3) is 0.261. The molecule has 0 atom stereocenters. The van der Waals surface area contributed by atoms with Crippen molar-refractivity contribution in [3.63, 3.8) is 0 Å². The third-order valence-corrected chi connectivity index (χ3v) is 4.59. The van der Waals surface area contributed by atoms with E-state index in [0.717, 1.165) is 5.69 Å². The summed E-state index contributed by atoms with van der Waals surface area (Å²) in [5, 5.41) is 6.42. The molecule has 0 fully saturated rings. The molecule has 0 bridgehead atoms. The standard InChI is InChI=1S/C23H25N3O4/c1-13(2)22(27)25-16-10-20(19-7-6-14(3)24-21(19)11-16)23(28)26-15-8-17(29-4)12-18(9-15)30-5/h6-13H,1-5H3,(H,25,27)(H,26,28). The van der Waals surface area contributed by atoms with Gasteiger partial charge in [0.15, 0.2) is 0 Å². The van der Waals surface area contributed by atoms with Gasteiger partial charge in [0, 0.05) is 46.6 Å². The summed E-state index contributed by atoms with van der Waals surface area (Å²) >= 11 is 0. The maximum Gasteiger partial charge on any atom is 0.256 e. The number of amides is 2. The van der Waals surface area contributed by atoms with Crippen LogP contribution >= 0.6 is 0 Å². The second-order valence-electron chi connectivity index (χ2n) is 7.24. The van der Waals surface area contributed by atoms with Crippen LogP contribution in [-0.4, -0.2) is 31.0 Å². The first-order valence-corrected chi connectivity index (χ1v) is 9.57. The Balaban J connectivity index is 2.03. The number of methoxy groups -OCH3 is 2. The van der Waals surface area contributed by atoms with Crippen LogP contribution in [0.25, 0.3) is 10.9 Å². The van der Waals surface area contributed by atoms with Crippen molar-refractivity contribution in [3.8, 4) is 11.5 Å². The first kappa shape index (κ1) is 21.1. The molecule has 30 heavy (non-hydrogen) atoms. The van der Waals surface area contributed by atoms with Crippen LogP contribution in [0.1, 0.15) is 29.9 Å². The van der Waals surface area contributed by atoms with Crippen molar-refractivity contribution in [1.82, 2.24) is 4.98 Å². The van der Waals surface area contributed by atoms with Gasteiger partial charge in [-0.1, -0.05) is 19.9 Å². The molecule has 2 aromatic carbocycles. The molecule has 0 aliphatic rings. The van der Waals surface area contributed by atoms with Crippen molar-refractivity contribution < 1.29 is 19.1 Å². The van der Waals surface area contributed by atoms with Crippen molar-refractivity contribution in [2.24, 2.45) is 5.92 Å². The van der Waals surface area contributed by atoms with Gasteiger partial charge in [0.25, 0.3) is 5.91 Å². The van der Waals surface area contributed by atoms with E-state index in [0.29, 0.717) is 39.3 Å². The molecule has 3 aromatic rings. The third-order valence-electron chi connectivity index (χ3n) is 4.59. The second-order valence-corrected chi connectivity index (χ2v) is 7.24. The number of nitrogens with zero attached hydrogens (tertiary/aromatic N) is 1. The van der Waals surface area contributed by atoms with Crippen LogP contribution in [0.5, 0.6) is 11.5 Å². The van der Waals surface area contributed by atoms with E-state index in [1.807, 2.05) is 32.9 Å². The van der Waals surface area contributed by atoms with E-state index in [1.165, 1.54) is 0 Å². The molecule has 3 rings (SSSR count). The molecule has 1 aromatic heterocycles. The average molecular weight is 407 g/mol. The lowest BCUT2D eigenvalue weighted by Gasteiger charge is -2.14. The van der Waals surface area contributed by atoms with Gasteiger partial charge in [-0.3, -0.25) is 14.6 Å². The topological polar surface area (TPSA) is 89.6 Å². The molecule has 0 unspecified atom stereocenters. The predicted octanol–water partition coefficient (Wildman–Crippen LogP) is 4.41. The molecule has 0 saturated heterocycles. The summed E-state index contributed by atoms with van der Waals surface area (Å²) in [6.07, 6.45) is 0. The molecule has 0 aliphatic heterocycles. The van der Waals surface area contributed by atoms with Crippen molar-refractivity contribution in [2.75, 3.05) is 24.9 Å². The van der Waals surface area contributed by atoms with Gasteiger partial charge in [0.2, 0.25) is 5.91 Å². The number of aromatic nitrogens is 1. The van der Waals surface area contributed by atoms with E-state index >= 15 is 0 Å². The number of benzene rings is 2. The molecular weight excluding hydrogens is 382 g/mol. The lowest BCUT2D eigenvalue weighted by molar-refractivity contribution is -0.118. The summed E-state index contributed by atoms with van der Waals surface area (Å²) in [7, 11) is 3.09. The number of fused-ring (bicyclic) bond motifs is 1. The first-order valence-electron chi connectivity index (χ1n) is 9.57. The Labute approximate surface area is 175 Å². The summed E-state index contributed by atoms with van der Waals surface area (Å²) in [6.45, 7) is 5.49. The molecule has 0 aliphatic carbocycles. The summed E-state index contributed by atoms with van der Waals surface area (Å²) in [5.74, 6) is 0.467. The zero-order valence-electron chi connectivity index (χ0n) is 17.7. The molecule has 7 nitrogen and oxygen atoms in total. The molecule has 2 N–H and O–H groups in total. The minimum absolute atomic E-state index is 0.133. The van der Waals surface area contributed by atoms with Crippen molar-refractivity contribution in [3.05, 3.63) is 53.7 Å². The van der Waals surface area contributed by atoms with Crippen LogP contribution in [0.4, 0.5) is 11.4 Å². The van der Waals surface area contributed by atoms with Crippen LogP contribution in [-0.2, 0) is 4.79 Å². The zero-order chi connectivity index (χ0) is 21.8. The number of anilines is 2. The lowest BCUT2D eigenvalue weighted by atomic mass is 10.0. The van der Waals surface area contributed by atoms with Gasteiger partial charge >= 0.3 is 0 Å². The number of carbonyl (C=O) groups excluding carboxylic acids is 2. The first-order chi connectivity index (χ1) is 14.3. The second kappa shape index (κ2) is 8.82. The number of aryl methyl sites for hydroxylation is 1. The number of hydrogen-bond acceptors (Lipinski definition) is 5. The number of hydrogen-bond donors (Lipinski definition) is 2. The minimum atomic E-state index is -0.332. The molecule has 1 heterocycles. The summed E-state index contributed by atoms with van der Waals surface area (Å²) < 4.78 is 10.5. The SMILES string of the molecule is COc1cc(NC(=O)c2cc(NC(=O)C(C)C)cc3nc(C)ccc23)cc(OC)c1. The van der Waals surface area contributed by atoms with E-state index in [1.54, 1.807) is 44.6 Å². The Morgan fingerprint density at radius 3 is 2.13 bits per heavy atom. The van der Waals surface area contributed by atoms with Gasteiger partial charge in [0.05, 0.1) is 25.3 Å². The number of pyridine rings is 1. The molecule has 0 spiro atoms. The largest absolute Gasteiger partial charge is 0.497 e. The highest BCUT2D eigenvalue weighted by molar-refractivity contribution is 6.14. The Morgan fingerprint density at radius 1 is 0.900 bits per heavy atom. The third kappa shape index (κ3) is 4.68. The highest BCUT2D eigenvalue weighted by Gasteiger charge is 2.16. The maximum atomic E-state index is 13.2. The Morgan fingerprint density at radius 2 is 1.53 bits per heavy atom. The van der Waals surface area contributed by atoms with E-state index < -0.39 is 0 Å². The van der Waals surface area contributed by atoms with E-state index in [4.69, 9.17) is 9.47 Å². The number of nitrogens with one attached hydrogen (secondary N) is 2. The van der Waals surface area contributed by atoms with Crippen LogP contribution in [0.15, 0.2) is 42.5 Å². The fourth-order valence-corrected chi connectivity index (χ4v) is 2.96. The molecule has 2 amide bonds. The van der Waals surface area contributed by atoms with Crippen LogP contribution in [0, 0.1) is 12.8 Å². The highest BCUT2D eigenvalue weighted by Crippen LogP contribution is 2.28. The highest BCUT2D eigenvalue weighted by atomic mass is 16.5. The van der Waals surface area contributed by atoms with Crippen molar-refractivity contribution in [1.29, 1.82) is 0 Å². The fourth-order valence-electron chi connectivity index (χ4n) is 2.96. The molecule has 0 radical (unpaired) electrons. The van der Waals surface area contributed by atoms with Gasteiger partial charge in [-0.15, -0.1) is 0 Å². The molecule has 7 heteroatoms. The van der Waals surface area contributed by atoms with Crippen molar-refractivity contribution >= 4 is 34.1 Å². The summed E-state index contributed by atoms with van der Waals surface area (Å²) in [4.78, 5) is 29.8. The minimum Gasteiger partial charge on any atom is -0.497 e. The Bertz CT molecular complexity index is 1090. The van der Waals surface area contributed by atoms with E-state index in [9.17, 15) is 9.59 Å². The average Bonchev–Trinajstić information content (AvgIpc) is 2.72. The van der Waals surface area contributed by atoms with E-state index in [-0.39, 0.29) is 17.7 Å². The van der Waals surface area contributed by atoms with Gasteiger partial charge in [0.1, 0.15) is 11.5 Å². The van der Waals surface area contributed by atoms with Crippen molar-refractivity contribution in [2.45, 2.75) is 20.8 Å². The molecule has 0 saturated carbocycles. The summed E-state index contributed by atoms with van der Waals surface area (Å²) in [6, 6.07) is 12.3. The maximum absolute atomic E-state index is 13.2. The number of carbonyl (C=O) groups is 2. The Kier molecular flexibility index (Phi) is 6.20. The quantitative estimate of drug-likeness (QED) is 0.632. The van der Waals surface area contributed by atoms with E-state index in [2.05, 4.69) is 15.6 Å². The summed E-state index contributed by atoms with van der Waals surface area (Å²) in [5.41, 5.74) is 2.90. The van der Waals surface area contributed by atoms with Crippen LogP contribution < -0.4 is 20.1 Å². The monoisotopic (exact) mass is 407 g/mol. The number of ether oxygens (including phenoxy) is 2. The van der Waals surface area contributed by atoms with Crippen LogP contribution in [0.3, 0.4) is 0 Å². The lowest BCUT2D eigenvalue weighted by Crippen LogP contribution is -2.19. The van der Waals surface area contributed by atoms with Crippen LogP contribution in [0.2, 0.25) is 0 Å². The van der Waals surface area contributed by atoms with Gasteiger partial charge in [-0.05, 0) is 25.1 Å². The van der Waals surface area contributed by atoms with Gasteiger partial charge < -0.3 is 20.1 Å². The normalized spacial score (nSPS) is 10.7. The van der Waals surface area contributed by atoms with Gasteiger partial charge in [-0.2, -0.15) is 0 Å².